The molecule has 1 aliphatic rings. The molecule has 1 N–H and O–H groups in total. The fraction of sp³-hybridized carbons (Fsp3) is 0.562. The lowest BCUT2D eigenvalue weighted by molar-refractivity contribution is 0.204. The molecule has 1 aliphatic heterocycles. The first-order valence-corrected chi connectivity index (χ1v) is 7.24. The van der Waals surface area contributed by atoms with Gasteiger partial charge in [0, 0.05) is 13.1 Å². The van der Waals surface area contributed by atoms with Gasteiger partial charge in [-0.2, -0.15) is 0 Å². The molecular formula is C16H24N2O. The summed E-state index contributed by atoms with van der Waals surface area (Å²) < 4.78 is 0. The third-order valence-corrected chi connectivity index (χ3v) is 4.03. The van der Waals surface area contributed by atoms with Gasteiger partial charge in [-0.3, -0.25) is 0 Å². The topological polar surface area (TPSA) is 32.3 Å². The number of carbonyl (C=O) groups is 1. The third-order valence-electron chi connectivity index (χ3n) is 4.03. The van der Waals surface area contributed by atoms with Gasteiger partial charge in [-0.15, -0.1) is 0 Å². The summed E-state index contributed by atoms with van der Waals surface area (Å²) in [5.41, 5.74) is 3.79. The van der Waals surface area contributed by atoms with Crippen molar-refractivity contribution in [3.63, 3.8) is 0 Å². The minimum Gasteiger partial charge on any atom is -0.331 e. The van der Waals surface area contributed by atoms with Crippen LogP contribution in [-0.2, 0) is 0 Å². The summed E-state index contributed by atoms with van der Waals surface area (Å²) in [5, 5.41) is 3.16. The van der Waals surface area contributed by atoms with Crippen LogP contribution in [0.1, 0.15) is 48.9 Å². The van der Waals surface area contributed by atoms with Gasteiger partial charge < -0.3 is 10.2 Å². The average Bonchev–Trinajstić information content (AvgIpc) is 2.93. The number of aryl methyl sites for hydroxylation is 2. The number of amides is 2. The highest BCUT2D eigenvalue weighted by atomic mass is 16.2. The van der Waals surface area contributed by atoms with Crippen molar-refractivity contribution in [1.29, 1.82) is 0 Å². The number of rotatable bonds is 3. The lowest BCUT2D eigenvalue weighted by atomic mass is 9.99. The van der Waals surface area contributed by atoms with Gasteiger partial charge in [0.1, 0.15) is 0 Å². The van der Waals surface area contributed by atoms with E-state index < -0.39 is 0 Å². The zero-order valence-electron chi connectivity index (χ0n) is 12.2. The largest absolute Gasteiger partial charge is 0.331 e. The van der Waals surface area contributed by atoms with E-state index >= 15 is 0 Å². The lowest BCUT2D eigenvalue weighted by Gasteiger charge is -2.23. The Kier molecular flexibility index (Phi) is 4.46. The Balaban J connectivity index is 2.06. The number of urea groups is 1. The fourth-order valence-electron chi connectivity index (χ4n) is 2.56. The van der Waals surface area contributed by atoms with Gasteiger partial charge in [-0.1, -0.05) is 25.1 Å². The zero-order chi connectivity index (χ0) is 13.8. The highest BCUT2D eigenvalue weighted by Crippen LogP contribution is 2.20. The molecule has 2 rings (SSSR count). The molecule has 1 aromatic carbocycles. The van der Waals surface area contributed by atoms with Crippen LogP contribution in [0.4, 0.5) is 4.79 Å². The normalized spacial score (nSPS) is 16.5. The molecule has 0 radical (unpaired) electrons. The molecule has 0 spiro atoms. The van der Waals surface area contributed by atoms with Crippen LogP contribution < -0.4 is 5.32 Å². The molecule has 1 saturated heterocycles. The van der Waals surface area contributed by atoms with Crippen molar-refractivity contribution in [2.24, 2.45) is 0 Å². The van der Waals surface area contributed by atoms with Crippen LogP contribution in [0.5, 0.6) is 0 Å². The van der Waals surface area contributed by atoms with E-state index in [-0.39, 0.29) is 12.1 Å². The van der Waals surface area contributed by atoms with Crippen molar-refractivity contribution in [1.82, 2.24) is 10.2 Å². The molecule has 104 valence electrons. The van der Waals surface area contributed by atoms with Gasteiger partial charge >= 0.3 is 6.03 Å². The smallest absolute Gasteiger partial charge is 0.317 e. The molecule has 0 bridgehead atoms. The fourth-order valence-corrected chi connectivity index (χ4v) is 2.56. The molecule has 0 aromatic heterocycles. The molecule has 1 heterocycles. The molecule has 1 fully saturated rings. The molecule has 1 aromatic rings. The number of nitrogens with one attached hydrogen (secondary N) is 1. The average molecular weight is 260 g/mol. The minimum absolute atomic E-state index is 0.0857. The van der Waals surface area contributed by atoms with Crippen molar-refractivity contribution in [3.05, 3.63) is 34.9 Å². The minimum atomic E-state index is 0.0857. The van der Waals surface area contributed by atoms with E-state index in [9.17, 15) is 4.79 Å². The van der Waals surface area contributed by atoms with Gasteiger partial charge in [0.05, 0.1) is 6.04 Å². The zero-order valence-corrected chi connectivity index (χ0v) is 12.2. The second kappa shape index (κ2) is 6.09. The summed E-state index contributed by atoms with van der Waals surface area (Å²) in [4.78, 5) is 14.1. The van der Waals surface area contributed by atoms with Crippen LogP contribution in [-0.4, -0.2) is 24.0 Å². The van der Waals surface area contributed by atoms with Crippen LogP contribution in [0.2, 0.25) is 0 Å². The Hall–Kier alpha value is -1.51. The molecule has 0 aliphatic carbocycles. The number of hydrogen-bond donors (Lipinski definition) is 1. The van der Waals surface area contributed by atoms with Crippen molar-refractivity contribution in [2.45, 2.75) is 46.1 Å². The molecule has 0 unspecified atom stereocenters. The predicted octanol–water partition coefficient (Wildman–Crippen LogP) is 3.56. The predicted molar refractivity (Wildman–Crippen MR) is 78.3 cm³/mol. The van der Waals surface area contributed by atoms with E-state index in [1.165, 1.54) is 16.7 Å². The number of nitrogens with zero attached hydrogens (tertiary/aromatic N) is 1. The molecule has 1 atom stereocenters. The Bertz CT molecular complexity index is 450. The number of likely N-dealkylation sites (tertiary alicyclic amines) is 1. The van der Waals surface area contributed by atoms with E-state index in [0.29, 0.717) is 0 Å². The van der Waals surface area contributed by atoms with Gasteiger partial charge in [-0.05, 0) is 49.8 Å². The Labute approximate surface area is 116 Å². The maximum Gasteiger partial charge on any atom is 0.317 e. The standard InChI is InChI=1S/C16H24N2O/c1-4-15(14-8-7-12(2)13(3)11-14)17-16(19)18-9-5-6-10-18/h7-8,11,15H,4-6,9-10H2,1-3H3,(H,17,19)/t15-/m0/s1. The first kappa shape index (κ1) is 13.9. The highest BCUT2D eigenvalue weighted by Gasteiger charge is 2.20. The summed E-state index contributed by atoms with van der Waals surface area (Å²) in [6, 6.07) is 6.65. The number of hydrogen-bond acceptors (Lipinski definition) is 1. The number of benzene rings is 1. The van der Waals surface area contributed by atoms with Gasteiger partial charge in [0.2, 0.25) is 0 Å². The maximum atomic E-state index is 12.2. The monoisotopic (exact) mass is 260 g/mol. The van der Waals surface area contributed by atoms with Crippen molar-refractivity contribution in [3.8, 4) is 0 Å². The molecule has 3 nitrogen and oxygen atoms in total. The van der Waals surface area contributed by atoms with Crippen LogP contribution in [0, 0.1) is 13.8 Å². The number of carbonyl (C=O) groups excluding carboxylic acids is 1. The Morgan fingerprint density at radius 2 is 1.95 bits per heavy atom. The van der Waals surface area contributed by atoms with Crippen molar-refractivity contribution >= 4 is 6.03 Å². The van der Waals surface area contributed by atoms with Crippen molar-refractivity contribution < 1.29 is 4.79 Å². The molecule has 19 heavy (non-hydrogen) atoms. The van der Waals surface area contributed by atoms with E-state index in [2.05, 4.69) is 44.3 Å². The summed E-state index contributed by atoms with van der Waals surface area (Å²) in [6.45, 7) is 8.14. The second-order valence-electron chi connectivity index (χ2n) is 5.45. The SMILES string of the molecule is CC[C@H](NC(=O)N1CCCC1)c1ccc(C)c(C)c1. The first-order valence-electron chi connectivity index (χ1n) is 7.24. The van der Waals surface area contributed by atoms with E-state index in [4.69, 9.17) is 0 Å². The molecular weight excluding hydrogens is 236 g/mol. The van der Waals surface area contributed by atoms with E-state index in [1.54, 1.807) is 0 Å². The van der Waals surface area contributed by atoms with Crippen LogP contribution in [0.3, 0.4) is 0 Å². The van der Waals surface area contributed by atoms with Crippen LogP contribution in [0.15, 0.2) is 18.2 Å². The van der Waals surface area contributed by atoms with Crippen molar-refractivity contribution in [2.75, 3.05) is 13.1 Å². The first-order chi connectivity index (χ1) is 9.11. The van der Waals surface area contributed by atoms with Gasteiger partial charge in [0.25, 0.3) is 0 Å². The summed E-state index contributed by atoms with van der Waals surface area (Å²) >= 11 is 0. The summed E-state index contributed by atoms with van der Waals surface area (Å²) in [5.74, 6) is 0. The lowest BCUT2D eigenvalue weighted by Crippen LogP contribution is -2.39. The molecule has 3 heteroatoms. The van der Waals surface area contributed by atoms with Gasteiger partial charge in [-0.25, -0.2) is 4.79 Å². The second-order valence-corrected chi connectivity index (χ2v) is 5.45. The Morgan fingerprint density at radius 3 is 2.53 bits per heavy atom. The maximum absolute atomic E-state index is 12.2. The van der Waals surface area contributed by atoms with E-state index in [1.807, 2.05) is 4.90 Å². The third kappa shape index (κ3) is 3.28. The molecule has 2 amide bonds. The summed E-state index contributed by atoms with van der Waals surface area (Å²) in [7, 11) is 0. The summed E-state index contributed by atoms with van der Waals surface area (Å²) in [6.07, 6.45) is 3.18. The van der Waals surface area contributed by atoms with Crippen LogP contribution >= 0.6 is 0 Å². The van der Waals surface area contributed by atoms with Gasteiger partial charge in [0.15, 0.2) is 0 Å². The highest BCUT2D eigenvalue weighted by molar-refractivity contribution is 5.75. The van der Waals surface area contributed by atoms with Crippen LogP contribution in [0.25, 0.3) is 0 Å². The Morgan fingerprint density at radius 1 is 1.26 bits per heavy atom. The quantitative estimate of drug-likeness (QED) is 0.885. The molecule has 0 saturated carbocycles. The van der Waals surface area contributed by atoms with E-state index in [0.717, 1.165) is 32.4 Å².